The third kappa shape index (κ3) is 4.77. The highest BCUT2D eigenvalue weighted by Gasteiger charge is 2.29. The lowest BCUT2D eigenvalue weighted by Crippen LogP contribution is -2.43. The van der Waals surface area contributed by atoms with E-state index in [-0.39, 0.29) is 16.9 Å². The maximum Gasteiger partial charge on any atom is 0.144 e. The molecule has 24 heavy (non-hydrogen) atoms. The first-order valence-corrected chi connectivity index (χ1v) is 9.62. The molecule has 0 aromatic heterocycles. The van der Waals surface area contributed by atoms with E-state index < -0.39 is 11.0 Å². The van der Waals surface area contributed by atoms with Crippen LogP contribution in [0.1, 0.15) is 47.5 Å². The molecule has 1 aromatic rings. The zero-order chi connectivity index (χ0) is 17.7. The molecule has 0 radical (unpaired) electrons. The number of hydrogen-bond donors (Lipinski definition) is 0. The van der Waals surface area contributed by atoms with Crippen LogP contribution >= 0.6 is 0 Å². The van der Waals surface area contributed by atoms with Crippen LogP contribution in [-0.4, -0.2) is 27.3 Å². The predicted octanol–water partition coefficient (Wildman–Crippen LogP) is 4.45. The molecule has 0 amide bonds. The second kappa shape index (κ2) is 8.08. The van der Waals surface area contributed by atoms with Gasteiger partial charge in [0.05, 0.1) is 16.5 Å². The largest absolute Gasteiger partial charge is 0.266 e. The summed E-state index contributed by atoms with van der Waals surface area (Å²) in [5, 5.41) is 1.97. The zero-order valence-corrected chi connectivity index (χ0v) is 16.0. The Balaban J connectivity index is 2.31. The van der Waals surface area contributed by atoms with E-state index in [1.165, 1.54) is 0 Å². The summed E-state index contributed by atoms with van der Waals surface area (Å²) in [6.45, 7) is 9.96. The topological polar surface area (TPSA) is 41.9 Å². The maximum absolute atomic E-state index is 12.2. The number of anilines is 1. The van der Waals surface area contributed by atoms with E-state index in [1.807, 2.05) is 63.1 Å². The van der Waals surface area contributed by atoms with Gasteiger partial charge in [-0.2, -0.15) is 4.40 Å². The molecule has 0 bridgehead atoms. The van der Waals surface area contributed by atoms with Crippen molar-refractivity contribution in [1.82, 2.24) is 0 Å². The SMILES string of the molecule is CCC[C@@H]1C(/C=N/[S@@](=O)C(C)(C)C)=C[C@@H](C)ON1c1ccccc1. The summed E-state index contributed by atoms with van der Waals surface area (Å²) in [5.74, 6) is 0. The molecule has 132 valence electrons. The van der Waals surface area contributed by atoms with Crippen LogP contribution in [0.25, 0.3) is 0 Å². The Morgan fingerprint density at radius 2 is 1.96 bits per heavy atom. The lowest BCUT2D eigenvalue weighted by molar-refractivity contribution is 0.0483. The molecule has 3 atom stereocenters. The van der Waals surface area contributed by atoms with Crippen molar-refractivity contribution in [3.63, 3.8) is 0 Å². The average Bonchev–Trinajstić information content (AvgIpc) is 2.54. The second-order valence-electron chi connectivity index (χ2n) is 7.04. The predicted molar refractivity (Wildman–Crippen MR) is 103 cm³/mol. The first kappa shape index (κ1) is 18.9. The molecular weight excluding hydrogens is 320 g/mol. The molecule has 5 heteroatoms. The summed E-state index contributed by atoms with van der Waals surface area (Å²) in [4.78, 5) is 6.06. The quantitative estimate of drug-likeness (QED) is 0.738. The van der Waals surface area contributed by atoms with Crippen molar-refractivity contribution in [1.29, 1.82) is 0 Å². The highest BCUT2D eigenvalue weighted by atomic mass is 32.2. The minimum absolute atomic E-state index is 0.0529. The number of nitrogens with zero attached hydrogens (tertiary/aromatic N) is 2. The van der Waals surface area contributed by atoms with Gasteiger partial charge >= 0.3 is 0 Å². The molecule has 1 heterocycles. The standard InChI is InChI=1S/C19H28N2O2S/c1-6-10-18-16(14-20-24(22)19(3,4)5)13-15(2)23-21(18)17-11-8-7-9-12-17/h7-9,11-15,18H,6,10H2,1-5H3/b20-14+/t15-,18-,24+/m1/s1. The first-order valence-electron chi connectivity index (χ1n) is 8.51. The van der Waals surface area contributed by atoms with Crippen molar-refractivity contribution in [3.8, 4) is 0 Å². The average molecular weight is 349 g/mol. The third-order valence-corrected chi connectivity index (χ3v) is 5.11. The Morgan fingerprint density at radius 1 is 1.29 bits per heavy atom. The van der Waals surface area contributed by atoms with Crippen molar-refractivity contribution in [2.24, 2.45) is 4.40 Å². The number of benzene rings is 1. The van der Waals surface area contributed by atoms with Crippen molar-refractivity contribution in [3.05, 3.63) is 42.0 Å². The van der Waals surface area contributed by atoms with E-state index in [1.54, 1.807) is 6.21 Å². The maximum atomic E-state index is 12.2. The van der Waals surface area contributed by atoms with Crippen molar-refractivity contribution in [2.45, 2.75) is 64.4 Å². The molecule has 1 aliphatic rings. The van der Waals surface area contributed by atoms with Gasteiger partial charge in [-0.25, -0.2) is 9.27 Å². The molecule has 0 saturated heterocycles. The van der Waals surface area contributed by atoms with Crippen LogP contribution in [0.5, 0.6) is 0 Å². The fourth-order valence-corrected chi connectivity index (χ4v) is 3.10. The Hall–Kier alpha value is -1.46. The molecule has 2 rings (SSSR count). The molecule has 0 saturated carbocycles. The van der Waals surface area contributed by atoms with Gasteiger partial charge in [-0.3, -0.25) is 4.84 Å². The van der Waals surface area contributed by atoms with Gasteiger partial charge in [-0.05, 0) is 57.9 Å². The Bertz CT molecular complexity index is 620. The van der Waals surface area contributed by atoms with E-state index in [0.29, 0.717) is 0 Å². The highest BCUT2D eigenvalue weighted by Crippen LogP contribution is 2.29. The summed E-state index contributed by atoms with van der Waals surface area (Å²) < 4.78 is 16.2. The van der Waals surface area contributed by atoms with Crippen LogP contribution in [0.4, 0.5) is 5.69 Å². The van der Waals surface area contributed by atoms with Crippen LogP contribution in [0.2, 0.25) is 0 Å². The summed E-state index contributed by atoms with van der Waals surface area (Å²) in [5.41, 5.74) is 2.09. The zero-order valence-electron chi connectivity index (χ0n) is 15.2. The van der Waals surface area contributed by atoms with Gasteiger partial charge < -0.3 is 0 Å². The smallest absolute Gasteiger partial charge is 0.144 e. The van der Waals surface area contributed by atoms with Gasteiger partial charge in [0.15, 0.2) is 0 Å². The van der Waals surface area contributed by atoms with Crippen molar-refractivity contribution < 1.29 is 9.05 Å². The van der Waals surface area contributed by atoms with Crippen molar-refractivity contribution in [2.75, 3.05) is 5.06 Å². The van der Waals surface area contributed by atoms with Gasteiger partial charge in [0.2, 0.25) is 0 Å². The summed E-state index contributed by atoms with van der Waals surface area (Å²) in [7, 11) is -1.26. The summed E-state index contributed by atoms with van der Waals surface area (Å²) >= 11 is 0. The Kier molecular flexibility index (Phi) is 6.35. The second-order valence-corrected chi connectivity index (χ2v) is 8.97. The van der Waals surface area contributed by atoms with Crippen LogP contribution in [0, 0.1) is 0 Å². The van der Waals surface area contributed by atoms with Crippen LogP contribution in [0.3, 0.4) is 0 Å². The molecule has 0 aliphatic carbocycles. The minimum Gasteiger partial charge on any atom is -0.266 e. The summed E-state index contributed by atoms with van der Waals surface area (Å²) in [6, 6.07) is 10.2. The van der Waals surface area contributed by atoms with E-state index in [4.69, 9.17) is 4.84 Å². The number of rotatable bonds is 5. The van der Waals surface area contributed by atoms with E-state index >= 15 is 0 Å². The highest BCUT2D eigenvalue weighted by molar-refractivity contribution is 7.85. The van der Waals surface area contributed by atoms with Gasteiger partial charge in [-0.1, -0.05) is 31.5 Å². The molecule has 0 spiro atoms. The van der Waals surface area contributed by atoms with E-state index in [0.717, 1.165) is 24.1 Å². The fraction of sp³-hybridized carbons (Fsp3) is 0.526. The van der Waals surface area contributed by atoms with Gasteiger partial charge in [0, 0.05) is 6.21 Å². The molecular formula is C19H28N2O2S. The Labute approximate surface area is 148 Å². The number of para-hydroxylation sites is 1. The number of hydrogen-bond acceptors (Lipinski definition) is 3. The van der Waals surface area contributed by atoms with Crippen LogP contribution in [-0.2, 0) is 15.8 Å². The van der Waals surface area contributed by atoms with Gasteiger partial charge in [0.25, 0.3) is 0 Å². The third-order valence-electron chi connectivity index (χ3n) is 3.77. The Morgan fingerprint density at radius 3 is 2.54 bits per heavy atom. The number of hydroxylamine groups is 1. The van der Waals surface area contributed by atoms with Gasteiger partial charge in [0.1, 0.15) is 17.1 Å². The molecule has 0 unspecified atom stereocenters. The normalized spacial score (nSPS) is 23.4. The van der Waals surface area contributed by atoms with E-state index in [9.17, 15) is 4.21 Å². The minimum atomic E-state index is -1.26. The molecule has 1 aliphatic heterocycles. The molecule has 1 aromatic carbocycles. The monoisotopic (exact) mass is 348 g/mol. The lowest BCUT2D eigenvalue weighted by Gasteiger charge is -2.38. The van der Waals surface area contributed by atoms with Crippen molar-refractivity contribution >= 4 is 22.9 Å². The fourth-order valence-electron chi connectivity index (χ4n) is 2.57. The van der Waals surface area contributed by atoms with Crippen LogP contribution < -0.4 is 5.06 Å². The first-order chi connectivity index (χ1) is 11.3. The molecule has 4 nitrogen and oxygen atoms in total. The van der Waals surface area contributed by atoms with Crippen LogP contribution in [0.15, 0.2) is 46.4 Å². The summed E-state index contributed by atoms with van der Waals surface area (Å²) in [6.07, 6.45) is 5.77. The molecule has 0 N–H and O–H groups in total. The lowest BCUT2D eigenvalue weighted by atomic mass is 9.99. The van der Waals surface area contributed by atoms with E-state index in [2.05, 4.69) is 17.4 Å². The van der Waals surface area contributed by atoms with Gasteiger partial charge in [-0.15, -0.1) is 0 Å². The molecule has 0 fully saturated rings.